The van der Waals surface area contributed by atoms with Crippen LogP contribution in [0.15, 0.2) is 12.3 Å². The predicted octanol–water partition coefficient (Wildman–Crippen LogP) is 2.27. The topological polar surface area (TPSA) is 57.0 Å². The van der Waals surface area contributed by atoms with Crippen molar-refractivity contribution in [2.45, 2.75) is 26.7 Å². The van der Waals surface area contributed by atoms with E-state index in [9.17, 15) is 4.79 Å². The van der Waals surface area contributed by atoms with E-state index >= 15 is 0 Å². The summed E-state index contributed by atoms with van der Waals surface area (Å²) in [5, 5.41) is 0. The summed E-state index contributed by atoms with van der Waals surface area (Å²) in [6, 6.07) is 1.73. The van der Waals surface area contributed by atoms with E-state index < -0.39 is 0 Å². The molecule has 0 bridgehead atoms. The average Bonchev–Trinajstić information content (AvgIpc) is 2.67. The Hall–Kier alpha value is -1.91. The molecule has 0 amide bonds. The van der Waals surface area contributed by atoms with Crippen LogP contribution in [0.25, 0.3) is 11.2 Å². The number of rotatable bonds is 3. The molecule has 0 aliphatic carbocycles. The molecule has 0 radical (unpaired) electrons. The predicted molar refractivity (Wildman–Crippen MR) is 68.6 cm³/mol. The lowest BCUT2D eigenvalue weighted by Gasteiger charge is -2.03. The summed E-state index contributed by atoms with van der Waals surface area (Å²) in [5.41, 5.74) is 1.95. The van der Waals surface area contributed by atoms with Gasteiger partial charge in [0.15, 0.2) is 5.65 Å². The molecule has 0 aliphatic rings. The standard InChI is InChI=1S/C13H17N3O2/c1-5-18-13(17)9-6-10-12(14-7-9)16(4)11(15-10)8(2)3/h6-8H,5H2,1-4H3. The van der Waals surface area contributed by atoms with Crippen molar-refractivity contribution in [3.8, 4) is 0 Å². The van der Waals surface area contributed by atoms with Gasteiger partial charge in [-0.05, 0) is 13.0 Å². The highest BCUT2D eigenvalue weighted by Gasteiger charge is 2.14. The number of fused-ring (bicyclic) bond motifs is 1. The zero-order valence-electron chi connectivity index (χ0n) is 11.1. The van der Waals surface area contributed by atoms with Gasteiger partial charge >= 0.3 is 5.97 Å². The lowest BCUT2D eigenvalue weighted by atomic mass is 10.2. The van der Waals surface area contributed by atoms with Gasteiger partial charge in [-0.3, -0.25) is 0 Å². The highest BCUT2D eigenvalue weighted by molar-refractivity contribution is 5.92. The smallest absolute Gasteiger partial charge is 0.339 e. The molecule has 0 saturated heterocycles. The number of nitrogens with zero attached hydrogens (tertiary/aromatic N) is 3. The largest absolute Gasteiger partial charge is 0.462 e. The monoisotopic (exact) mass is 247 g/mol. The molecular formula is C13H17N3O2. The number of esters is 1. The molecule has 0 aliphatic heterocycles. The highest BCUT2D eigenvalue weighted by Crippen LogP contribution is 2.19. The number of aromatic nitrogens is 3. The van der Waals surface area contributed by atoms with Crippen molar-refractivity contribution in [3.05, 3.63) is 23.7 Å². The minimum Gasteiger partial charge on any atom is -0.462 e. The molecule has 2 heterocycles. The van der Waals surface area contributed by atoms with Crippen LogP contribution in [-0.4, -0.2) is 27.1 Å². The van der Waals surface area contributed by atoms with Crippen LogP contribution < -0.4 is 0 Å². The van der Waals surface area contributed by atoms with Crippen molar-refractivity contribution in [2.75, 3.05) is 6.61 Å². The number of pyridine rings is 1. The molecule has 0 unspecified atom stereocenters. The number of ether oxygens (including phenoxy) is 1. The van der Waals surface area contributed by atoms with Crippen molar-refractivity contribution < 1.29 is 9.53 Å². The summed E-state index contributed by atoms with van der Waals surface area (Å²) in [6.45, 7) is 6.29. The number of carbonyl (C=O) groups excluding carboxylic acids is 1. The summed E-state index contributed by atoms with van der Waals surface area (Å²) in [7, 11) is 1.93. The Labute approximate surface area is 106 Å². The third kappa shape index (κ3) is 2.08. The third-order valence-electron chi connectivity index (χ3n) is 2.77. The second kappa shape index (κ2) is 4.76. The molecule has 0 N–H and O–H groups in total. The Morgan fingerprint density at radius 1 is 1.50 bits per heavy atom. The maximum Gasteiger partial charge on any atom is 0.339 e. The maximum absolute atomic E-state index is 11.6. The molecule has 5 heteroatoms. The molecule has 18 heavy (non-hydrogen) atoms. The van der Waals surface area contributed by atoms with E-state index in [2.05, 4.69) is 23.8 Å². The quantitative estimate of drug-likeness (QED) is 0.781. The van der Waals surface area contributed by atoms with Crippen LogP contribution in [0.4, 0.5) is 0 Å². The van der Waals surface area contributed by atoms with Gasteiger partial charge in [0.1, 0.15) is 11.3 Å². The number of hydrogen-bond acceptors (Lipinski definition) is 4. The lowest BCUT2D eigenvalue weighted by molar-refractivity contribution is 0.0526. The van der Waals surface area contributed by atoms with Crippen LogP contribution in [0.1, 0.15) is 42.9 Å². The molecule has 2 aromatic heterocycles. The lowest BCUT2D eigenvalue weighted by Crippen LogP contribution is -2.05. The van der Waals surface area contributed by atoms with Crippen LogP contribution in [0.5, 0.6) is 0 Å². The van der Waals surface area contributed by atoms with E-state index in [1.165, 1.54) is 6.20 Å². The normalized spacial score (nSPS) is 11.2. The summed E-state index contributed by atoms with van der Waals surface area (Å²) in [5.74, 6) is 0.914. The zero-order chi connectivity index (χ0) is 13.3. The molecule has 0 saturated carbocycles. The van der Waals surface area contributed by atoms with Crippen LogP contribution in [-0.2, 0) is 11.8 Å². The van der Waals surface area contributed by atoms with Crippen LogP contribution in [0, 0.1) is 0 Å². The molecule has 0 aromatic carbocycles. The zero-order valence-corrected chi connectivity index (χ0v) is 11.1. The molecule has 0 atom stereocenters. The Morgan fingerprint density at radius 2 is 2.22 bits per heavy atom. The Kier molecular flexibility index (Phi) is 3.32. The van der Waals surface area contributed by atoms with E-state index in [1.807, 2.05) is 11.6 Å². The van der Waals surface area contributed by atoms with Crippen LogP contribution in [0.3, 0.4) is 0 Å². The first kappa shape index (κ1) is 12.5. The SMILES string of the molecule is CCOC(=O)c1cnc2c(c1)nc(C(C)C)n2C. The van der Waals surface area contributed by atoms with Gasteiger partial charge in [0.25, 0.3) is 0 Å². The molecule has 96 valence electrons. The minimum absolute atomic E-state index is 0.315. The van der Waals surface area contributed by atoms with E-state index in [4.69, 9.17) is 4.74 Å². The van der Waals surface area contributed by atoms with Crippen LogP contribution >= 0.6 is 0 Å². The first-order valence-electron chi connectivity index (χ1n) is 6.04. The molecule has 2 rings (SSSR count). The molecule has 2 aromatic rings. The first-order chi connectivity index (χ1) is 8.54. The van der Waals surface area contributed by atoms with Gasteiger partial charge in [-0.15, -0.1) is 0 Å². The fraction of sp³-hybridized carbons (Fsp3) is 0.462. The van der Waals surface area contributed by atoms with Crippen molar-refractivity contribution >= 4 is 17.1 Å². The van der Waals surface area contributed by atoms with Gasteiger partial charge in [-0.1, -0.05) is 13.8 Å². The van der Waals surface area contributed by atoms with Gasteiger partial charge in [-0.25, -0.2) is 14.8 Å². The summed E-state index contributed by atoms with van der Waals surface area (Å²) >= 11 is 0. The molecule has 0 fully saturated rings. The number of imidazole rings is 1. The molecule has 0 spiro atoms. The number of carbonyl (C=O) groups is 1. The number of aryl methyl sites for hydroxylation is 1. The molecular weight excluding hydrogens is 230 g/mol. The Morgan fingerprint density at radius 3 is 2.83 bits per heavy atom. The fourth-order valence-electron chi connectivity index (χ4n) is 1.94. The van der Waals surface area contributed by atoms with Gasteiger partial charge in [-0.2, -0.15) is 0 Å². The fourth-order valence-corrected chi connectivity index (χ4v) is 1.94. The van der Waals surface area contributed by atoms with Gasteiger partial charge in [0.2, 0.25) is 0 Å². The second-order valence-electron chi connectivity index (χ2n) is 4.47. The van der Waals surface area contributed by atoms with Gasteiger partial charge < -0.3 is 9.30 Å². The summed E-state index contributed by atoms with van der Waals surface area (Å²) < 4.78 is 6.90. The number of hydrogen-bond donors (Lipinski definition) is 0. The molecule has 5 nitrogen and oxygen atoms in total. The van der Waals surface area contributed by atoms with E-state index in [0.717, 1.165) is 17.0 Å². The third-order valence-corrected chi connectivity index (χ3v) is 2.77. The van der Waals surface area contributed by atoms with E-state index in [-0.39, 0.29) is 5.97 Å². The highest BCUT2D eigenvalue weighted by atomic mass is 16.5. The van der Waals surface area contributed by atoms with Crippen molar-refractivity contribution in [2.24, 2.45) is 7.05 Å². The van der Waals surface area contributed by atoms with Gasteiger partial charge in [0.05, 0.1) is 12.2 Å². The van der Waals surface area contributed by atoms with E-state index in [0.29, 0.717) is 18.1 Å². The second-order valence-corrected chi connectivity index (χ2v) is 4.47. The average molecular weight is 247 g/mol. The first-order valence-corrected chi connectivity index (χ1v) is 6.04. The Balaban J connectivity index is 2.49. The van der Waals surface area contributed by atoms with Crippen molar-refractivity contribution in [3.63, 3.8) is 0 Å². The van der Waals surface area contributed by atoms with Crippen molar-refractivity contribution in [1.29, 1.82) is 0 Å². The minimum atomic E-state index is -0.358. The Bertz CT molecular complexity index is 587. The van der Waals surface area contributed by atoms with E-state index in [1.54, 1.807) is 13.0 Å². The summed E-state index contributed by atoms with van der Waals surface area (Å²) in [4.78, 5) is 20.4. The van der Waals surface area contributed by atoms with Crippen LogP contribution in [0.2, 0.25) is 0 Å². The summed E-state index contributed by atoms with van der Waals surface area (Å²) in [6.07, 6.45) is 1.53. The maximum atomic E-state index is 11.6. The van der Waals surface area contributed by atoms with Crippen molar-refractivity contribution in [1.82, 2.24) is 14.5 Å². The van der Waals surface area contributed by atoms with Gasteiger partial charge in [0, 0.05) is 19.2 Å².